The van der Waals surface area contributed by atoms with Gasteiger partial charge in [-0.05, 0) is 31.7 Å². The summed E-state index contributed by atoms with van der Waals surface area (Å²) in [6, 6.07) is 7.71. The molecule has 4 nitrogen and oxygen atoms in total. The first-order valence-electron chi connectivity index (χ1n) is 6.50. The largest absolute Gasteiger partial charge is 0.345 e. The standard InChI is InChI=1S/C14H17N3O/c1-2-14(8-5-9-14)15-13(18)12-10-6-3-4-7-11(10)16-17-12/h3-4,6-7H,2,5,8-9H2,1H3,(H,15,18)(H,16,17). The van der Waals surface area contributed by atoms with Crippen LogP contribution >= 0.6 is 0 Å². The third-order valence-corrected chi connectivity index (χ3v) is 4.05. The van der Waals surface area contributed by atoms with Crippen molar-refractivity contribution < 1.29 is 4.79 Å². The van der Waals surface area contributed by atoms with Crippen LogP contribution < -0.4 is 5.32 Å². The number of nitrogens with one attached hydrogen (secondary N) is 2. The summed E-state index contributed by atoms with van der Waals surface area (Å²) in [5.41, 5.74) is 1.42. The van der Waals surface area contributed by atoms with E-state index < -0.39 is 0 Å². The number of aromatic amines is 1. The summed E-state index contributed by atoms with van der Waals surface area (Å²) in [5, 5.41) is 11.1. The molecule has 0 unspecified atom stereocenters. The molecule has 1 aromatic carbocycles. The van der Waals surface area contributed by atoms with Crippen molar-refractivity contribution in [2.75, 3.05) is 0 Å². The van der Waals surface area contributed by atoms with Crippen molar-refractivity contribution in [3.8, 4) is 0 Å². The molecule has 0 aliphatic heterocycles. The molecular formula is C14H17N3O. The highest BCUT2D eigenvalue weighted by molar-refractivity contribution is 6.04. The van der Waals surface area contributed by atoms with Crippen molar-refractivity contribution >= 4 is 16.8 Å². The summed E-state index contributed by atoms with van der Waals surface area (Å²) in [6.07, 6.45) is 4.35. The summed E-state index contributed by atoms with van der Waals surface area (Å²) in [4.78, 5) is 12.3. The molecule has 1 saturated carbocycles. The molecule has 0 atom stereocenters. The van der Waals surface area contributed by atoms with E-state index in [0.717, 1.165) is 30.2 Å². The number of rotatable bonds is 3. The second kappa shape index (κ2) is 4.12. The number of hydrogen-bond donors (Lipinski definition) is 2. The van der Waals surface area contributed by atoms with Gasteiger partial charge in [0, 0.05) is 10.9 Å². The van der Waals surface area contributed by atoms with E-state index in [1.165, 1.54) is 6.42 Å². The average molecular weight is 243 g/mol. The predicted molar refractivity (Wildman–Crippen MR) is 70.4 cm³/mol. The van der Waals surface area contributed by atoms with E-state index >= 15 is 0 Å². The molecule has 1 heterocycles. The van der Waals surface area contributed by atoms with Crippen molar-refractivity contribution in [1.29, 1.82) is 0 Å². The molecule has 1 fully saturated rings. The van der Waals surface area contributed by atoms with Crippen LogP contribution in [0, 0.1) is 0 Å². The maximum atomic E-state index is 12.3. The van der Waals surface area contributed by atoms with Crippen LogP contribution in [0.15, 0.2) is 24.3 Å². The first-order chi connectivity index (χ1) is 8.74. The number of hydrogen-bond acceptors (Lipinski definition) is 2. The summed E-state index contributed by atoms with van der Waals surface area (Å²) in [7, 11) is 0. The van der Waals surface area contributed by atoms with E-state index in [1.54, 1.807) is 0 Å². The molecule has 0 spiro atoms. The molecule has 1 amide bonds. The Kier molecular flexibility index (Phi) is 2.58. The molecule has 1 aliphatic rings. The third kappa shape index (κ3) is 1.68. The molecule has 2 aromatic rings. The van der Waals surface area contributed by atoms with E-state index in [1.807, 2.05) is 24.3 Å². The van der Waals surface area contributed by atoms with Gasteiger partial charge in [-0.2, -0.15) is 5.10 Å². The Morgan fingerprint density at radius 3 is 2.89 bits per heavy atom. The van der Waals surface area contributed by atoms with Gasteiger partial charge in [0.25, 0.3) is 5.91 Å². The van der Waals surface area contributed by atoms with Gasteiger partial charge in [0.15, 0.2) is 5.69 Å². The molecule has 3 rings (SSSR count). The number of nitrogens with zero attached hydrogens (tertiary/aromatic N) is 1. The fourth-order valence-electron chi connectivity index (χ4n) is 2.61. The predicted octanol–water partition coefficient (Wildman–Crippen LogP) is 2.63. The molecule has 1 aliphatic carbocycles. The summed E-state index contributed by atoms with van der Waals surface area (Å²) in [5.74, 6) is -0.0611. The van der Waals surface area contributed by atoms with Crippen molar-refractivity contribution in [3.63, 3.8) is 0 Å². The molecule has 4 heteroatoms. The average Bonchev–Trinajstić information content (AvgIpc) is 2.77. The van der Waals surface area contributed by atoms with Crippen LogP contribution in [-0.4, -0.2) is 21.6 Å². The summed E-state index contributed by atoms with van der Waals surface area (Å²) in [6.45, 7) is 2.13. The lowest BCUT2D eigenvalue weighted by molar-refractivity contribution is 0.0817. The zero-order chi connectivity index (χ0) is 12.6. The summed E-state index contributed by atoms with van der Waals surface area (Å²) >= 11 is 0. The molecule has 0 bridgehead atoms. The van der Waals surface area contributed by atoms with Gasteiger partial charge in [-0.15, -0.1) is 0 Å². The Bertz CT molecular complexity index is 578. The van der Waals surface area contributed by atoms with Crippen LogP contribution in [0.3, 0.4) is 0 Å². The van der Waals surface area contributed by atoms with Crippen LogP contribution in [-0.2, 0) is 0 Å². The Labute approximate surface area is 106 Å². The minimum atomic E-state index is -0.0611. The number of aromatic nitrogens is 2. The van der Waals surface area contributed by atoms with Gasteiger partial charge < -0.3 is 5.32 Å². The zero-order valence-corrected chi connectivity index (χ0v) is 10.5. The number of H-pyrrole nitrogens is 1. The molecule has 18 heavy (non-hydrogen) atoms. The molecule has 0 radical (unpaired) electrons. The topological polar surface area (TPSA) is 57.8 Å². The number of para-hydroxylation sites is 1. The first-order valence-corrected chi connectivity index (χ1v) is 6.50. The maximum absolute atomic E-state index is 12.3. The molecular weight excluding hydrogens is 226 g/mol. The minimum absolute atomic E-state index is 0.0110. The Hall–Kier alpha value is -1.84. The lowest BCUT2D eigenvalue weighted by atomic mass is 9.75. The minimum Gasteiger partial charge on any atom is -0.345 e. The zero-order valence-electron chi connectivity index (χ0n) is 10.5. The van der Waals surface area contributed by atoms with Gasteiger partial charge in [-0.1, -0.05) is 25.1 Å². The van der Waals surface area contributed by atoms with Crippen LogP contribution in [0.4, 0.5) is 0 Å². The second-order valence-electron chi connectivity index (χ2n) is 5.06. The van der Waals surface area contributed by atoms with Gasteiger partial charge in [0.1, 0.15) is 0 Å². The Morgan fingerprint density at radius 1 is 1.44 bits per heavy atom. The van der Waals surface area contributed by atoms with E-state index in [9.17, 15) is 4.79 Å². The fourth-order valence-corrected chi connectivity index (χ4v) is 2.61. The number of benzene rings is 1. The monoisotopic (exact) mass is 243 g/mol. The van der Waals surface area contributed by atoms with Crippen molar-refractivity contribution in [2.24, 2.45) is 0 Å². The highest BCUT2D eigenvalue weighted by atomic mass is 16.2. The highest BCUT2D eigenvalue weighted by Gasteiger charge is 2.37. The fraction of sp³-hybridized carbons (Fsp3) is 0.429. The third-order valence-electron chi connectivity index (χ3n) is 4.05. The van der Waals surface area contributed by atoms with Crippen molar-refractivity contribution in [1.82, 2.24) is 15.5 Å². The highest BCUT2D eigenvalue weighted by Crippen LogP contribution is 2.35. The normalized spacial score (nSPS) is 17.4. The number of fused-ring (bicyclic) bond motifs is 1. The lowest BCUT2D eigenvalue weighted by Gasteiger charge is -2.41. The van der Waals surface area contributed by atoms with Crippen LogP contribution in [0.1, 0.15) is 43.1 Å². The SMILES string of the molecule is CCC1(NC(=O)c2n[nH]c3ccccc23)CCC1. The van der Waals surface area contributed by atoms with Gasteiger partial charge in [-0.25, -0.2) is 0 Å². The van der Waals surface area contributed by atoms with E-state index in [4.69, 9.17) is 0 Å². The Morgan fingerprint density at radius 2 is 2.22 bits per heavy atom. The Balaban J connectivity index is 1.88. The van der Waals surface area contributed by atoms with Gasteiger partial charge in [0.2, 0.25) is 0 Å². The van der Waals surface area contributed by atoms with Gasteiger partial charge >= 0.3 is 0 Å². The van der Waals surface area contributed by atoms with Gasteiger partial charge in [0.05, 0.1) is 5.52 Å². The summed E-state index contributed by atoms with van der Waals surface area (Å²) < 4.78 is 0. The van der Waals surface area contributed by atoms with E-state index in [2.05, 4.69) is 22.4 Å². The molecule has 2 N–H and O–H groups in total. The van der Waals surface area contributed by atoms with Crippen LogP contribution in [0.25, 0.3) is 10.9 Å². The maximum Gasteiger partial charge on any atom is 0.272 e. The van der Waals surface area contributed by atoms with Crippen molar-refractivity contribution in [3.05, 3.63) is 30.0 Å². The van der Waals surface area contributed by atoms with Crippen LogP contribution in [0.2, 0.25) is 0 Å². The van der Waals surface area contributed by atoms with E-state index in [0.29, 0.717) is 5.69 Å². The van der Waals surface area contributed by atoms with Crippen molar-refractivity contribution in [2.45, 2.75) is 38.1 Å². The van der Waals surface area contributed by atoms with Crippen LogP contribution in [0.5, 0.6) is 0 Å². The van der Waals surface area contributed by atoms with E-state index in [-0.39, 0.29) is 11.4 Å². The molecule has 94 valence electrons. The first kappa shape index (κ1) is 11.3. The quantitative estimate of drug-likeness (QED) is 0.870. The molecule has 0 saturated heterocycles. The number of amides is 1. The van der Waals surface area contributed by atoms with Gasteiger partial charge in [-0.3, -0.25) is 9.89 Å². The molecule has 1 aromatic heterocycles. The number of carbonyl (C=O) groups is 1. The lowest BCUT2D eigenvalue weighted by Crippen LogP contribution is -2.53. The second-order valence-corrected chi connectivity index (χ2v) is 5.06. The smallest absolute Gasteiger partial charge is 0.272 e. The number of carbonyl (C=O) groups excluding carboxylic acids is 1.